The third kappa shape index (κ3) is 2.60. The van der Waals surface area contributed by atoms with Crippen molar-refractivity contribution in [2.45, 2.75) is 12.5 Å². The molecule has 0 radical (unpaired) electrons. The zero-order chi connectivity index (χ0) is 10.5. The molecule has 15 heavy (non-hydrogen) atoms. The first kappa shape index (κ1) is 9.80. The van der Waals surface area contributed by atoms with E-state index in [0.717, 1.165) is 17.5 Å². The molecule has 2 aromatic rings. The highest BCUT2D eigenvalue weighted by atomic mass is 15.1. The molecule has 0 spiro atoms. The lowest BCUT2D eigenvalue weighted by Crippen LogP contribution is -2.13. The second-order valence-electron chi connectivity index (χ2n) is 3.47. The fourth-order valence-corrected chi connectivity index (χ4v) is 1.51. The monoisotopic (exact) mass is 199 g/mol. The Hall–Kier alpha value is -1.74. The van der Waals surface area contributed by atoms with Gasteiger partial charge in [-0.15, -0.1) is 0 Å². The van der Waals surface area contributed by atoms with E-state index in [1.807, 2.05) is 36.4 Å². The van der Waals surface area contributed by atoms with E-state index in [2.05, 4.69) is 10.2 Å². The molecule has 0 saturated heterocycles. The molecule has 3 nitrogen and oxygen atoms in total. The minimum absolute atomic E-state index is 0.0235. The SMILES string of the molecule is NC(Cc1ccnnc1)c1ccccc1. The third-order valence-corrected chi connectivity index (χ3v) is 2.33. The summed E-state index contributed by atoms with van der Waals surface area (Å²) in [7, 11) is 0. The molecule has 0 aliphatic carbocycles. The lowest BCUT2D eigenvalue weighted by molar-refractivity contribution is 0.716. The van der Waals surface area contributed by atoms with E-state index in [0.29, 0.717) is 0 Å². The smallest absolute Gasteiger partial charge is 0.0528 e. The zero-order valence-electron chi connectivity index (χ0n) is 8.38. The van der Waals surface area contributed by atoms with Crippen LogP contribution in [0.15, 0.2) is 48.8 Å². The Kier molecular flexibility index (Phi) is 3.05. The molecule has 2 rings (SSSR count). The van der Waals surface area contributed by atoms with E-state index < -0.39 is 0 Å². The molecule has 1 heterocycles. The highest BCUT2D eigenvalue weighted by Crippen LogP contribution is 2.14. The Morgan fingerprint density at radius 3 is 2.53 bits per heavy atom. The van der Waals surface area contributed by atoms with E-state index in [4.69, 9.17) is 5.73 Å². The Morgan fingerprint density at radius 2 is 1.87 bits per heavy atom. The fraction of sp³-hybridized carbons (Fsp3) is 0.167. The summed E-state index contributed by atoms with van der Waals surface area (Å²) in [6, 6.07) is 12.0. The largest absolute Gasteiger partial charge is 0.324 e. The summed E-state index contributed by atoms with van der Waals surface area (Å²) in [5.74, 6) is 0. The van der Waals surface area contributed by atoms with Gasteiger partial charge in [0.2, 0.25) is 0 Å². The molecule has 1 atom stereocenters. The van der Waals surface area contributed by atoms with Crippen molar-refractivity contribution in [1.29, 1.82) is 0 Å². The third-order valence-electron chi connectivity index (χ3n) is 2.33. The van der Waals surface area contributed by atoms with E-state index in [9.17, 15) is 0 Å². The van der Waals surface area contributed by atoms with Crippen LogP contribution < -0.4 is 5.73 Å². The Bertz CT molecular complexity index is 400. The van der Waals surface area contributed by atoms with Gasteiger partial charge < -0.3 is 5.73 Å². The second-order valence-corrected chi connectivity index (χ2v) is 3.47. The highest BCUT2D eigenvalue weighted by Gasteiger charge is 2.05. The van der Waals surface area contributed by atoms with Gasteiger partial charge in [-0.25, -0.2) is 0 Å². The number of aromatic nitrogens is 2. The minimum atomic E-state index is 0.0235. The number of rotatable bonds is 3. The molecule has 1 aromatic carbocycles. The number of nitrogens with zero attached hydrogens (tertiary/aromatic N) is 2. The summed E-state index contributed by atoms with van der Waals surface area (Å²) < 4.78 is 0. The van der Waals surface area contributed by atoms with E-state index >= 15 is 0 Å². The van der Waals surface area contributed by atoms with Crippen LogP contribution in [-0.2, 0) is 6.42 Å². The first-order valence-electron chi connectivity index (χ1n) is 4.92. The quantitative estimate of drug-likeness (QED) is 0.818. The van der Waals surface area contributed by atoms with Crippen LogP contribution in [0.5, 0.6) is 0 Å². The molecule has 1 unspecified atom stereocenters. The predicted octanol–water partition coefficient (Wildman–Crippen LogP) is 1.72. The highest BCUT2D eigenvalue weighted by molar-refractivity contribution is 5.21. The van der Waals surface area contributed by atoms with Gasteiger partial charge in [-0.1, -0.05) is 30.3 Å². The molecule has 3 heteroatoms. The van der Waals surface area contributed by atoms with Crippen molar-refractivity contribution in [2.24, 2.45) is 5.73 Å². The summed E-state index contributed by atoms with van der Waals surface area (Å²) in [5.41, 5.74) is 8.34. The lowest BCUT2D eigenvalue weighted by atomic mass is 10.0. The number of benzene rings is 1. The second kappa shape index (κ2) is 4.66. The summed E-state index contributed by atoms with van der Waals surface area (Å²) in [5, 5.41) is 7.56. The summed E-state index contributed by atoms with van der Waals surface area (Å²) in [6.07, 6.45) is 4.23. The van der Waals surface area contributed by atoms with Gasteiger partial charge in [0.15, 0.2) is 0 Å². The van der Waals surface area contributed by atoms with Crippen LogP contribution in [0.3, 0.4) is 0 Å². The van der Waals surface area contributed by atoms with Gasteiger partial charge in [0.25, 0.3) is 0 Å². The van der Waals surface area contributed by atoms with Crippen LogP contribution in [0.1, 0.15) is 17.2 Å². The number of nitrogens with two attached hydrogens (primary N) is 1. The summed E-state index contributed by atoms with van der Waals surface area (Å²) >= 11 is 0. The van der Waals surface area contributed by atoms with Gasteiger partial charge in [-0.2, -0.15) is 10.2 Å². The number of hydrogen-bond acceptors (Lipinski definition) is 3. The van der Waals surface area contributed by atoms with Gasteiger partial charge in [0.05, 0.1) is 6.20 Å². The van der Waals surface area contributed by atoms with Gasteiger partial charge >= 0.3 is 0 Å². The minimum Gasteiger partial charge on any atom is -0.324 e. The van der Waals surface area contributed by atoms with E-state index in [1.165, 1.54) is 0 Å². The van der Waals surface area contributed by atoms with Crippen molar-refractivity contribution >= 4 is 0 Å². The summed E-state index contributed by atoms with van der Waals surface area (Å²) in [4.78, 5) is 0. The molecule has 0 fully saturated rings. The molecule has 0 amide bonds. The summed E-state index contributed by atoms with van der Waals surface area (Å²) in [6.45, 7) is 0. The van der Waals surface area contributed by atoms with Gasteiger partial charge in [-0.05, 0) is 23.6 Å². The molecular formula is C12H13N3. The van der Waals surface area contributed by atoms with E-state index in [1.54, 1.807) is 12.4 Å². The zero-order valence-corrected chi connectivity index (χ0v) is 8.38. The molecule has 76 valence electrons. The van der Waals surface area contributed by atoms with Gasteiger partial charge in [0, 0.05) is 12.2 Å². The van der Waals surface area contributed by atoms with Crippen molar-refractivity contribution in [3.8, 4) is 0 Å². The van der Waals surface area contributed by atoms with Crippen LogP contribution in [0.4, 0.5) is 0 Å². The van der Waals surface area contributed by atoms with E-state index in [-0.39, 0.29) is 6.04 Å². The first-order valence-corrected chi connectivity index (χ1v) is 4.92. The Balaban J connectivity index is 2.08. The average molecular weight is 199 g/mol. The van der Waals surface area contributed by atoms with Crippen molar-refractivity contribution < 1.29 is 0 Å². The van der Waals surface area contributed by atoms with Gasteiger partial charge in [0.1, 0.15) is 0 Å². The molecule has 2 N–H and O–H groups in total. The van der Waals surface area contributed by atoms with Crippen LogP contribution in [-0.4, -0.2) is 10.2 Å². The van der Waals surface area contributed by atoms with Crippen molar-refractivity contribution in [2.75, 3.05) is 0 Å². The van der Waals surface area contributed by atoms with Crippen LogP contribution in [0, 0.1) is 0 Å². The fourth-order valence-electron chi connectivity index (χ4n) is 1.51. The Morgan fingerprint density at radius 1 is 1.07 bits per heavy atom. The van der Waals surface area contributed by atoms with Crippen molar-refractivity contribution in [3.63, 3.8) is 0 Å². The normalized spacial score (nSPS) is 12.3. The maximum absolute atomic E-state index is 6.08. The predicted molar refractivity (Wildman–Crippen MR) is 59.1 cm³/mol. The molecule has 0 bridgehead atoms. The maximum atomic E-state index is 6.08. The Labute approximate surface area is 89.0 Å². The average Bonchev–Trinajstić information content (AvgIpc) is 2.31. The molecule has 0 saturated carbocycles. The molecule has 1 aromatic heterocycles. The van der Waals surface area contributed by atoms with Crippen LogP contribution >= 0.6 is 0 Å². The number of hydrogen-bond donors (Lipinski definition) is 1. The van der Waals surface area contributed by atoms with Gasteiger partial charge in [-0.3, -0.25) is 0 Å². The van der Waals surface area contributed by atoms with Crippen LogP contribution in [0.25, 0.3) is 0 Å². The van der Waals surface area contributed by atoms with Crippen molar-refractivity contribution in [3.05, 3.63) is 59.9 Å². The molecule has 0 aliphatic heterocycles. The standard InChI is InChI=1S/C12H13N3/c13-12(11-4-2-1-3-5-11)8-10-6-7-14-15-9-10/h1-7,9,12H,8,13H2. The topological polar surface area (TPSA) is 51.8 Å². The lowest BCUT2D eigenvalue weighted by Gasteiger charge is -2.11. The maximum Gasteiger partial charge on any atom is 0.0528 e. The first-order chi connectivity index (χ1) is 7.36. The van der Waals surface area contributed by atoms with Crippen molar-refractivity contribution in [1.82, 2.24) is 10.2 Å². The van der Waals surface area contributed by atoms with Crippen LogP contribution in [0.2, 0.25) is 0 Å². The molecule has 0 aliphatic rings. The molecular weight excluding hydrogens is 186 g/mol.